The van der Waals surface area contributed by atoms with Gasteiger partial charge in [-0.05, 0) is 116 Å². The molecule has 0 saturated carbocycles. The molecule has 0 aliphatic rings. The summed E-state index contributed by atoms with van der Waals surface area (Å²) in [5.74, 6) is -0.573. The second-order valence-corrected chi connectivity index (χ2v) is 27.4. The predicted octanol–water partition coefficient (Wildman–Crippen LogP) is 29.6. The number of hydrogen-bond acceptors (Lipinski definition) is 5. The highest BCUT2D eigenvalue weighted by molar-refractivity contribution is 5.70. The number of esters is 2. The van der Waals surface area contributed by atoms with E-state index in [1.807, 2.05) is 0 Å². The largest absolute Gasteiger partial charge is 0.462 e. The van der Waals surface area contributed by atoms with Crippen LogP contribution in [0.4, 0.5) is 0 Å². The highest BCUT2D eigenvalue weighted by Crippen LogP contribution is 2.19. The van der Waals surface area contributed by atoms with Crippen LogP contribution >= 0.6 is 0 Å². The van der Waals surface area contributed by atoms with E-state index in [0.717, 1.165) is 116 Å². The van der Waals surface area contributed by atoms with Crippen LogP contribution in [-0.4, -0.2) is 36.4 Å². The first-order valence-corrected chi connectivity index (χ1v) is 41.4. The predicted molar refractivity (Wildman–Crippen MR) is 426 cm³/mol. The summed E-state index contributed by atoms with van der Waals surface area (Å²) in [6, 6.07) is 0. The van der Waals surface area contributed by atoms with Gasteiger partial charge in [0.2, 0.25) is 0 Å². The molecular weight excluding hydrogens is 1170 g/mol. The number of allylic oxidation sites excluding steroid dienone is 24. The second-order valence-electron chi connectivity index (χ2n) is 27.4. The molecule has 0 rings (SSSR count). The third-order valence-electron chi connectivity index (χ3n) is 18.1. The zero-order valence-corrected chi connectivity index (χ0v) is 63.4. The van der Waals surface area contributed by atoms with E-state index in [-0.39, 0.29) is 25.2 Å². The monoisotopic (exact) mass is 1330 g/mol. The molecule has 0 aliphatic heterocycles. The number of aliphatic hydroxyl groups is 1. The Hall–Kier alpha value is -4.22. The fraction of sp³-hybridized carbons (Fsp3) is 0.714. The Morgan fingerprint density at radius 1 is 0.240 bits per heavy atom. The van der Waals surface area contributed by atoms with Crippen LogP contribution < -0.4 is 0 Å². The lowest BCUT2D eigenvalue weighted by atomic mass is 10.0. The molecule has 1 N–H and O–H groups in total. The second kappa shape index (κ2) is 85.0. The van der Waals surface area contributed by atoms with Gasteiger partial charge in [0.15, 0.2) is 6.10 Å². The number of unbranched alkanes of at least 4 members (excludes halogenated alkanes) is 44. The summed E-state index contributed by atoms with van der Waals surface area (Å²) in [4.78, 5) is 24.8. The molecule has 0 amide bonds. The number of aliphatic hydroxyl groups excluding tert-OH is 1. The summed E-state index contributed by atoms with van der Waals surface area (Å²) in [7, 11) is 0. The molecule has 0 spiro atoms. The van der Waals surface area contributed by atoms with E-state index in [9.17, 15) is 14.7 Å². The van der Waals surface area contributed by atoms with Gasteiger partial charge in [-0.25, -0.2) is 0 Å². The quantitative estimate of drug-likeness (QED) is 0.0373. The Kier molecular flexibility index (Phi) is 81.3. The lowest BCUT2D eigenvalue weighted by molar-refractivity contribution is -0.161. The number of rotatable bonds is 76. The standard InChI is InChI=1S/C91H156O5/c1-3-5-7-9-11-13-15-17-19-21-23-25-27-29-31-33-35-37-39-41-43-45-47-49-51-53-55-57-59-61-63-65-67-69-71-73-75-77-79-81-83-85-90(93)95-88-89(87-92)96-91(94)86-84-82-80-78-76-74-72-70-68-66-64-62-60-58-56-54-52-50-48-46-44-42-40-38-36-34-32-30-28-26-24-22-20-18-16-14-12-10-8-6-4-2/h5-8,11-14,17-20,23-26,29-32,36,38,42,44,89,92H,3-4,9-10,15-16,21-22,27-28,33-35,37,39-41,43,45-88H2,1-2H3/b7-5-,8-6-,13-11-,14-12-,19-17-,20-18-,25-23-,26-24-,31-29-,32-30-,38-36-,44-42-. The van der Waals surface area contributed by atoms with Crippen molar-refractivity contribution in [2.45, 2.75) is 405 Å². The van der Waals surface area contributed by atoms with Gasteiger partial charge in [-0.1, -0.05) is 417 Å². The minimum absolute atomic E-state index is 0.0647. The van der Waals surface area contributed by atoms with Crippen LogP contribution in [0.15, 0.2) is 146 Å². The van der Waals surface area contributed by atoms with E-state index < -0.39 is 6.10 Å². The molecular formula is C91H156O5. The van der Waals surface area contributed by atoms with E-state index >= 15 is 0 Å². The Labute approximate surface area is 597 Å². The lowest BCUT2D eigenvalue weighted by Gasteiger charge is -2.15. The van der Waals surface area contributed by atoms with Gasteiger partial charge in [0.25, 0.3) is 0 Å². The summed E-state index contributed by atoms with van der Waals surface area (Å²) in [5, 5.41) is 9.74. The van der Waals surface area contributed by atoms with Crippen LogP contribution in [0.25, 0.3) is 0 Å². The summed E-state index contributed by atoms with van der Waals surface area (Å²) >= 11 is 0. The Balaban J connectivity index is 3.42. The van der Waals surface area contributed by atoms with Crippen LogP contribution in [0.2, 0.25) is 0 Å². The van der Waals surface area contributed by atoms with Gasteiger partial charge >= 0.3 is 11.9 Å². The summed E-state index contributed by atoms with van der Waals surface area (Å²) in [6.07, 6.45) is 128. The molecule has 0 bridgehead atoms. The van der Waals surface area contributed by atoms with E-state index in [1.54, 1.807) is 0 Å². The first-order valence-electron chi connectivity index (χ1n) is 41.4. The van der Waals surface area contributed by atoms with E-state index in [0.29, 0.717) is 12.8 Å². The highest BCUT2D eigenvalue weighted by atomic mass is 16.6. The maximum atomic E-state index is 12.4. The fourth-order valence-corrected chi connectivity index (χ4v) is 12.0. The Morgan fingerprint density at radius 3 is 0.625 bits per heavy atom. The molecule has 1 atom stereocenters. The minimum Gasteiger partial charge on any atom is -0.462 e. The van der Waals surface area contributed by atoms with Crippen molar-refractivity contribution >= 4 is 11.9 Å². The fourth-order valence-electron chi connectivity index (χ4n) is 12.0. The van der Waals surface area contributed by atoms with E-state index in [2.05, 4.69) is 160 Å². The number of carbonyl (C=O) groups is 2. The van der Waals surface area contributed by atoms with Crippen LogP contribution in [-0.2, 0) is 19.1 Å². The number of ether oxygens (including phenoxy) is 2. The topological polar surface area (TPSA) is 72.8 Å². The van der Waals surface area contributed by atoms with Crippen LogP contribution in [0.1, 0.15) is 399 Å². The molecule has 5 nitrogen and oxygen atoms in total. The normalized spacial score (nSPS) is 13.0. The lowest BCUT2D eigenvalue weighted by Crippen LogP contribution is -2.28. The van der Waals surface area contributed by atoms with Gasteiger partial charge in [-0.2, -0.15) is 0 Å². The van der Waals surface area contributed by atoms with Crippen LogP contribution in [0, 0.1) is 0 Å². The molecule has 550 valence electrons. The van der Waals surface area contributed by atoms with Crippen molar-refractivity contribution < 1.29 is 24.2 Å². The third kappa shape index (κ3) is 82.2. The minimum atomic E-state index is -0.777. The first-order chi connectivity index (χ1) is 47.6. The Bertz CT molecular complexity index is 1950. The van der Waals surface area contributed by atoms with Crippen molar-refractivity contribution in [1.82, 2.24) is 0 Å². The van der Waals surface area contributed by atoms with Crippen molar-refractivity contribution in [3.05, 3.63) is 146 Å². The van der Waals surface area contributed by atoms with Crippen LogP contribution in [0.5, 0.6) is 0 Å². The van der Waals surface area contributed by atoms with Crippen molar-refractivity contribution in [3.8, 4) is 0 Å². The van der Waals surface area contributed by atoms with Gasteiger partial charge in [0.1, 0.15) is 6.61 Å². The molecule has 96 heavy (non-hydrogen) atoms. The molecule has 5 heteroatoms. The third-order valence-corrected chi connectivity index (χ3v) is 18.1. The molecule has 0 aliphatic carbocycles. The average molecular weight is 1330 g/mol. The van der Waals surface area contributed by atoms with Crippen LogP contribution in [0.3, 0.4) is 0 Å². The smallest absolute Gasteiger partial charge is 0.306 e. The summed E-state index contributed by atoms with van der Waals surface area (Å²) in [6.45, 7) is 3.95. The van der Waals surface area contributed by atoms with E-state index in [1.165, 1.54) is 257 Å². The Morgan fingerprint density at radius 2 is 0.417 bits per heavy atom. The van der Waals surface area contributed by atoms with Crippen molar-refractivity contribution in [2.24, 2.45) is 0 Å². The molecule has 0 aromatic heterocycles. The zero-order valence-electron chi connectivity index (χ0n) is 63.4. The van der Waals surface area contributed by atoms with Crippen molar-refractivity contribution in [2.75, 3.05) is 13.2 Å². The zero-order chi connectivity index (χ0) is 69.0. The maximum absolute atomic E-state index is 12.4. The van der Waals surface area contributed by atoms with Gasteiger partial charge in [0, 0.05) is 12.8 Å². The molecule has 0 aromatic rings. The van der Waals surface area contributed by atoms with Gasteiger partial charge in [0.05, 0.1) is 6.61 Å². The van der Waals surface area contributed by atoms with Crippen molar-refractivity contribution in [3.63, 3.8) is 0 Å². The van der Waals surface area contributed by atoms with Gasteiger partial charge in [-0.3, -0.25) is 9.59 Å². The summed E-state index contributed by atoms with van der Waals surface area (Å²) in [5.41, 5.74) is 0. The van der Waals surface area contributed by atoms with E-state index in [4.69, 9.17) is 9.47 Å². The molecule has 0 heterocycles. The molecule has 1 unspecified atom stereocenters. The van der Waals surface area contributed by atoms with Gasteiger partial charge in [-0.15, -0.1) is 0 Å². The van der Waals surface area contributed by atoms with Gasteiger partial charge < -0.3 is 14.6 Å². The first kappa shape index (κ1) is 91.8. The van der Waals surface area contributed by atoms with Crippen molar-refractivity contribution in [1.29, 1.82) is 0 Å². The maximum Gasteiger partial charge on any atom is 0.306 e. The number of hydrogen-bond donors (Lipinski definition) is 1. The molecule has 0 saturated heterocycles. The molecule has 0 fully saturated rings. The highest BCUT2D eigenvalue weighted by Gasteiger charge is 2.16. The summed E-state index contributed by atoms with van der Waals surface area (Å²) < 4.78 is 10.8. The SMILES string of the molecule is CC/C=C\C/C=C\C/C=C\C/C=C\C/C=C\C/C=C\C/C=C\CCCCCCCCCCCCCCCCCCCCCC(=O)OC(CO)COC(=O)CCCCCCCCCCCCCCCCCCCCCCCCCCC/C=C\C/C=C\C/C=C\C/C=C\C/C=C\CC. The molecule has 0 aromatic carbocycles. The number of carbonyl (C=O) groups excluding carboxylic acids is 2. The average Bonchev–Trinajstić information content (AvgIpc) is 3.79. The molecule has 0 radical (unpaired) electrons.